The molecular weight excluding hydrogens is 682 g/mol. The summed E-state index contributed by atoms with van der Waals surface area (Å²) in [6, 6.07) is 19.0. The Bertz CT molecular complexity index is 2020. The fourth-order valence-corrected chi connectivity index (χ4v) is 3.66. The van der Waals surface area contributed by atoms with Gasteiger partial charge in [-0.3, -0.25) is 19.7 Å². The van der Waals surface area contributed by atoms with Crippen LogP contribution in [0, 0.1) is 35.3 Å². The minimum Gasteiger partial charge on any atom is -0.480 e. The van der Waals surface area contributed by atoms with Crippen LogP contribution in [0.1, 0.15) is 33.8 Å². The van der Waals surface area contributed by atoms with Crippen LogP contribution in [-0.4, -0.2) is 86.8 Å². The number of carboxylic acid groups (broad SMARTS) is 1. The maximum absolute atomic E-state index is 13.1. The van der Waals surface area contributed by atoms with E-state index in [9.17, 15) is 13.6 Å². The molecule has 0 saturated carbocycles. The summed E-state index contributed by atoms with van der Waals surface area (Å²) < 4.78 is 31.2. The van der Waals surface area contributed by atoms with Crippen molar-refractivity contribution in [2.45, 2.75) is 6.54 Å². The SMILES string of the molecule is CN(C)CC(=O)O.CN(C)Cc1nc(-c2ccc(C#Cc3cccc(F)c3)cn2)no1.Cl.N/C(=N\O)c1ccc(C#Cc2cccc(F)c2)cn1. The van der Waals surface area contributed by atoms with Gasteiger partial charge in [0.15, 0.2) is 5.84 Å². The first-order valence-electron chi connectivity index (χ1n) is 14.7. The van der Waals surface area contributed by atoms with Crippen molar-refractivity contribution < 1.29 is 28.4 Å². The first kappa shape index (κ1) is 41.0. The summed E-state index contributed by atoms with van der Waals surface area (Å²) in [5.74, 6) is 11.0. The topological polar surface area (TPSA) is 167 Å². The molecule has 3 aromatic heterocycles. The number of benzene rings is 2. The summed E-state index contributed by atoms with van der Waals surface area (Å²) in [4.78, 5) is 25.9. The van der Waals surface area contributed by atoms with Gasteiger partial charge in [-0.05, 0) is 88.9 Å². The van der Waals surface area contributed by atoms with Crippen molar-refractivity contribution in [3.05, 3.63) is 131 Å². The lowest BCUT2D eigenvalue weighted by Gasteiger charge is -2.02. The van der Waals surface area contributed by atoms with E-state index in [2.05, 4.69) is 48.9 Å². The molecule has 5 rings (SSSR count). The van der Waals surface area contributed by atoms with Gasteiger partial charge in [0, 0.05) is 34.6 Å². The van der Waals surface area contributed by atoms with E-state index >= 15 is 0 Å². The van der Waals surface area contributed by atoms with Crippen LogP contribution in [0.5, 0.6) is 0 Å². The zero-order valence-electron chi connectivity index (χ0n) is 28.1. The van der Waals surface area contributed by atoms with Crippen molar-refractivity contribution >= 4 is 24.2 Å². The number of likely N-dealkylation sites (N-methyl/N-ethyl adjacent to an activating group) is 1. The summed E-state index contributed by atoms with van der Waals surface area (Å²) in [6.45, 7) is 0.685. The van der Waals surface area contributed by atoms with E-state index in [1.54, 1.807) is 67.7 Å². The van der Waals surface area contributed by atoms with Crippen LogP contribution < -0.4 is 5.73 Å². The highest BCUT2D eigenvalue weighted by Gasteiger charge is 2.10. The lowest BCUT2D eigenvalue weighted by molar-refractivity contribution is -0.137. The highest BCUT2D eigenvalue weighted by Crippen LogP contribution is 2.14. The third-order valence-electron chi connectivity index (χ3n) is 5.85. The van der Waals surface area contributed by atoms with Gasteiger partial charge in [0.25, 0.3) is 0 Å². The van der Waals surface area contributed by atoms with Crippen LogP contribution >= 0.6 is 12.4 Å². The Morgan fingerprint density at radius 1 is 0.824 bits per heavy atom. The Labute approximate surface area is 300 Å². The monoisotopic (exact) mass is 716 g/mol. The molecule has 15 heteroatoms. The smallest absolute Gasteiger partial charge is 0.317 e. The molecule has 4 N–H and O–H groups in total. The Kier molecular flexibility index (Phi) is 16.9. The minimum absolute atomic E-state index is 0. The van der Waals surface area contributed by atoms with Gasteiger partial charge in [0.2, 0.25) is 11.7 Å². The molecule has 0 atom stereocenters. The third-order valence-corrected chi connectivity index (χ3v) is 5.85. The highest BCUT2D eigenvalue weighted by molar-refractivity contribution is 5.95. The van der Waals surface area contributed by atoms with Crippen LogP contribution in [0.2, 0.25) is 0 Å². The van der Waals surface area contributed by atoms with Gasteiger partial charge in [-0.15, -0.1) is 12.4 Å². The van der Waals surface area contributed by atoms with Crippen molar-refractivity contribution in [3.8, 4) is 35.2 Å². The molecule has 0 radical (unpaired) electrons. The molecule has 0 aliphatic carbocycles. The second-order valence-electron chi connectivity index (χ2n) is 10.8. The van der Waals surface area contributed by atoms with Crippen molar-refractivity contribution in [2.75, 3.05) is 34.7 Å². The number of halogens is 3. The zero-order valence-corrected chi connectivity index (χ0v) is 28.9. The molecular formula is C36H35ClF2N8O4. The van der Waals surface area contributed by atoms with Crippen LogP contribution in [0.15, 0.2) is 94.9 Å². The van der Waals surface area contributed by atoms with Crippen LogP contribution in [0.4, 0.5) is 8.78 Å². The van der Waals surface area contributed by atoms with E-state index in [4.69, 9.17) is 20.6 Å². The second kappa shape index (κ2) is 21.0. The summed E-state index contributed by atoms with van der Waals surface area (Å²) in [6.07, 6.45) is 3.13. The van der Waals surface area contributed by atoms with Crippen molar-refractivity contribution in [2.24, 2.45) is 10.9 Å². The normalized spacial score (nSPS) is 10.2. The molecule has 0 bridgehead atoms. The van der Waals surface area contributed by atoms with Crippen LogP contribution in [0.25, 0.3) is 11.5 Å². The number of aliphatic carboxylic acids is 1. The number of nitrogens with zero attached hydrogens (tertiary/aromatic N) is 7. The Morgan fingerprint density at radius 3 is 1.78 bits per heavy atom. The predicted molar refractivity (Wildman–Crippen MR) is 190 cm³/mol. The number of nitrogens with two attached hydrogens (primary N) is 1. The maximum Gasteiger partial charge on any atom is 0.317 e. The standard InChI is InChI=1S/C18H15FN4O.C14H10FN3O.C4H9NO2.ClH/c1-23(2)12-17-21-18(22-24-17)16-9-8-14(11-20-16)7-6-13-4-3-5-15(19)10-13;15-12-3-1-2-10(8-12)4-5-11-6-7-13(17-9-11)14(16)18-19;1-5(2)3-4(6)7;/h3-5,8-11H,12H2,1-2H3;1-3,6-9,19H,(H2,16,18);3H2,1-2H3,(H,6,7);1H. The van der Waals surface area contributed by atoms with Gasteiger partial charge in [-0.1, -0.05) is 46.1 Å². The average molecular weight is 717 g/mol. The van der Waals surface area contributed by atoms with Gasteiger partial charge >= 0.3 is 5.97 Å². The molecule has 0 unspecified atom stereocenters. The predicted octanol–water partition coefficient (Wildman–Crippen LogP) is 4.50. The fourth-order valence-electron chi connectivity index (χ4n) is 3.66. The fraction of sp³-hybridized carbons (Fsp3) is 0.167. The molecule has 2 aromatic carbocycles. The van der Waals surface area contributed by atoms with Crippen molar-refractivity contribution in [1.29, 1.82) is 0 Å². The number of amidine groups is 1. The van der Waals surface area contributed by atoms with Gasteiger partial charge < -0.3 is 25.5 Å². The summed E-state index contributed by atoms with van der Waals surface area (Å²) >= 11 is 0. The van der Waals surface area contributed by atoms with E-state index < -0.39 is 5.97 Å². The van der Waals surface area contributed by atoms with Crippen LogP contribution in [-0.2, 0) is 11.3 Å². The Balaban J connectivity index is 0.000000299. The number of aromatic nitrogens is 4. The molecule has 5 aromatic rings. The summed E-state index contributed by atoms with van der Waals surface area (Å²) in [7, 11) is 7.28. The molecule has 0 aliphatic rings. The summed E-state index contributed by atoms with van der Waals surface area (Å²) in [5.41, 5.74) is 8.93. The van der Waals surface area contributed by atoms with Crippen LogP contribution in [0.3, 0.4) is 0 Å². The number of oxime groups is 1. The quantitative estimate of drug-likeness (QED) is 0.0744. The zero-order chi connectivity index (χ0) is 36.5. The largest absolute Gasteiger partial charge is 0.480 e. The van der Waals surface area contributed by atoms with E-state index in [0.29, 0.717) is 46.3 Å². The van der Waals surface area contributed by atoms with Gasteiger partial charge in [0.05, 0.1) is 13.1 Å². The number of pyridine rings is 2. The molecule has 0 saturated heterocycles. The molecule has 12 nitrogen and oxygen atoms in total. The van der Waals surface area contributed by atoms with Gasteiger partial charge in [0.1, 0.15) is 23.0 Å². The minimum atomic E-state index is -0.787. The average Bonchev–Trinajstić information content (AvgIpc) is 3.54. The Morgan fingerprint density at radius 2 is 1.37 bits per heavy atom. The molecule has 3 heterocycles. The maximum atomic E-state index is 13.1. The summed E-state index contributed by atoms with van der Waals surface area (Å²) in [5, 5.41) is 23.3. The molecule has 51 heavy (non-hydrogen) atoms. The number of rotatable bonds is 6. The molecule has 0 aliphatic heterocycles. The first-order valence-corrected chi connectivity index (χ1v) is 14.7. The number of carboxylic acids is 1. The number of carbonyl (C=O) groups is 1. The van der Waals surface area contributed by atoms with E-state index in [0.717, 1.165) is 5.56 Å². The third kappa shape index (κ3) is 15.3. The molecule has 0 amide bonds. The van der Waals surface area contributed by atoms with E-state index in [1.807, 2.05) is 25.1 Å². The van der Waals surface area contributed by atoms with Gasteiger partial charge in [-0.2, -0.15) is 4.98 Å². The Hall–Kier alpha value is -6.19. The first-order chi connectivity index (χ1) is 23.9. The molecule has 0 spiro atoms. The lowest BCUT2D eigenvalue weighted by atomic mass is 10.2. The van der Waals surface area contributed by atoms with E-state index in [1.165, 1.54) is 30.5 Å². The van der Waals surface area contributed by atoms with Crippen molar-refractivity contribution in [1.82, 2.24) is 29.9 Å². The second-order valence-corrected chi connectivity index (χ2v) is 10.8. The van der Waals surface area contributed by atoms with Crippen molar-refractivity contribution in [3.63, 3.8) is 0 Å². The van der Waals surface area contributed by atoms with Gasteiger partial charge in [-0.25, -0.2) is 8.78 Å². The number of hydrogen-bond acceptors (Lipinski definition) is 10. The number of hydrogen-bond donors (Lipinski definition) is 3. The lowest BCUT2D eigenvalue weighted by Crippen LogP contribution is -2.20. The highest BCUT2D eigenvalue weighted by atomic mass is 35.5. The molecule has 0 fully saturated rings. The van der Waals surface area contributed by atoms with E-state index in [-0.39, 0.29) is 36.4 Å². The molecule has 264 valence electrons.